The number of nitrogens with zero attached hydrogens (tertiary/aromatic N) is 2. The lowest BCUT2D eigenvalue weighted by atomic mass is 10.3. The van der Waals surface area contributed by atoms with Crippen molar-refractivity contribution in [2.75, 3.05) is 5.32 Å². The first kappa shape index (κ1) is 20.7. The fraction of sp³-hybridized carbons (Fsp3) is 0.222. The van der Waals surface area contributed by atoms with Crippen LogP contribution in [0.2, 0.25) is 5.02 Å². The van der Waals surface area contributed by atoms with Crippen molar-refractivity contribution >= 4 is 56.0 Å². The lowest BCUT2D eigenvalue weighted by Crippen LogP contribution is -2.22. The molecule has 0 saturated heterocycles. The number of rotatable bonds is 6. The van der Waals surface area contributed by atoms with Crippen molar-refractivity contribution in [3.63, 3.8) is 0 Å². The summed E-state index contributed by atoms with van der Waals surface area (Å²) < 4.78 is 25.1. The fourth-order valence-electron chi connectivity index (χ4n) is 2.65. The van der Waals surface area contributed by atoms with Gasteiger partial charge in [0.2, 0.25) is 15.9 Å². The molecule has 1 unspecified atom stereocenters. The minimum absolute atomic E-state index is 0.00540. The SMILES string of the molecule is CCn1c(SC(C)C(=O)Nc2ccc(Cl)cc2)nc2cc(S(N)(=O)=O)ccc21. The number of anilines is 1. The number of carbonyl (C=O) groups is 1. The highest BCUT2D eigenvalue weighted by Gasteiger charge is 2.20. The molecule has 0 fully saturated rings. The van der Waals surface area contributed by atoms with Gasteiger partial charge in [0.25, 0.3) is 0 Å². The second-order valence-corrected chi connectivity index (χ2v) is 9.40. The highest BCUT2D eigenvalue weighted by Crippen LogP contribution is 2.29. The Balaban J connectivity index is 1.84. The molecule has 0 radical (unpaired) electrons. The third kappa shape index (κ3) is 4.49. The molecule has 0 aliphatic carbocycles. The highest BCUT2D eigenvalue weighted by molar-refractivity contribution is 8.00. The van der Waals surface area contributed by atoms with E-state index in [2.05, 4.69) is 10.3 Å². The van der Waals surface area contributed by atoms with E-state index in [0.29, 0.717) is 27.9 Å². The van der Waals surface area contributed by atoms with E-state index in [0.717, 1.165) is 5.52 Å². The summed E-state index contributed by atoms with van der Waals surface area (Å²) in [7, 11) is -3.81. The first-order valence-corrected chi connectivity index (χ1v) is 11.3. The molecule has 0 aliphatic heterocycles. The topological polar surface area (TPSA) is 107 Å². The lowest BCUT2D eigenvalue weighted by Gasteiger charge is -2.12. The Hall–Kier alpha value is -2.07. The molecule has 28 heavy (non-hydrogen) atoms. The van der Waals surface area contributed by atoms with Crippen LogP contribution < -0.4 is 10.5 Å². The third-order valence-electron chi connectivity index (χ3n) is 4.09. The van der Waals surface area contributed by atoms with Crippen LogP contribution in [0.15, 0.2) is 52.5 Å². The minimum atomic E-state index is -3.81. The maximum Gasteiger partial charge on any atom is 0.238 e. The van der Waals surface area contributed by atoms with Crippen molar-refractivity contribution in [3.05, 3.63) is 47.5 Å². The van der Waals surface area contributed by atoms with Gasteiger partial charge in [0.1, 0.15) is 0 Å². The van der Waals surface area contributed by atoms with Crippen molar-refractivity contribution in [2.45, 2.75) is 35.7 Å². The molecule has 1 aromatic heterocycles. The Kier molecular flexibility index (Phi) is 5.99. The predicted molar refractivity (Wildman–Crippen MR) is 112 cm³/mol. The number of aromatic nitrogens is 2. The average molecular weight is 439 g/mol. The van der Waals surface area contributed by atoms with Crippen LogP contribution in [0.4, 0.5) is 5.69 Å². The summed E-state index contributed by atoms with van der Waals surface area (Å²) in [5.41, 5.74) is 1.95. The summed E-state index contributed by atoms with van der Waals surface area (Å²) in [5.74, 6) is -0.174. The summed E-state index contributed by atoms with van der Waals surface area (Å²) in [6.45, 7) is 4.36. The Labute approximate surface area is 172 Å². The van der Waals surface area contributed by atoms with Crippen molar-refractivity contribution in [3.8, 4) is 0 Å². The number of hydrogen-bond donors (Lipinski definition) is 2. The van der Waals surface area contributed by atoms with Gasteiger partial charge < -0.3 is 9.88 Å². The van der Waals surface area contributed by atoms with Gasteiger partial charge in [-0.25, -0.2) is 18.5 Å². The number of benzene rings is 2. The normalized spacial score (nSPS) is 12.9. The molecule has 1 atom stereocenters. The number of sulfonamides is 1. The van der Waals surface area contributed by atoms with E-state index in [1.54, 1.807) is 37.3 Å². The summed E-state index contributed by atoms with van der Waals surface area (Å²) >= 11 is 7.15. The number of fused-ring (bicyclic) bond motifs is 1. The number of carbonyl (C=O) groups excluding carboxylic acids is 1. The van der Waals surface area contributed by atoms with Crippen LogP contribution in [0.1, 0.15) is 13.8 Å². The molecule has 10 heteroatoms. The summed E-state index contributed by atoms with van der Waals surface area (Å²) in [6, 6.07) is 11.4. The van der Waals surface area contributed by atoms with Crippen LogP contribution >= 0.6 is 23.4 Å². The van der Waals surface area contributed by atoms with E-state index < -0.39 is 15.3 Å². The number of hydrogen-bond acceptors (Lipinski definition) is 5. The third-order valence-corrected chi connectivity index (χ3v) is 6.35. The van der Waals surface area contributed by atoms with Gasteiger partial charge in [0.15, 0.2) is 5.16 Å². The molecule has 7 nitrogen and oxygen atoms in total. The van der Waals surface area contributed by atoms with Gasteiger partial charge >= 0.3 is 0 Å². The zero-order valence-electron chi connectivity index (χ0n) is 15.2. The van der Waals surface area contributed by atoms with Crippen LogP contribution in [-0.2, 0) is 21.4 Å². The Morgan fingerprint density at radius 3 is 2.57 bits per heavy atom. The zero-order chi connectivity index (χ0) is 20.5. The molecule has 3 N–H and O–H groups in total. The van der Waals surface area contributed by atoms with Crippen molar-refractivity contribution < 1.29 is 13.2 Å². The molecular weight excluding hydrogens is 420 g/mol. The highest BCUT2D eigenvalue weighted by atomic mass is 35.5. The monoisotopic (exact) mass is 438 g/mol. The van der Waals surface area contributed by atoms with Gasteiger partial charge in [-0.3, -0.25) is 4.79 Å². The molecular formula is C18H19ClN4O3S2. The van der Waals surface area contributed by atoms with E-state index in [1.807, 2.05) is 11.5 Å². The molecule has 2 aromatic carbocycles. The number of imidazole rings is 1. The van der Waals surface area contributed by atoms with Gasteiger partial charge in [-0.15, -0.1) is 0 Å². The minimum Gasteiger partial charge on any atom is -0.325 e. The van der Waals surface area contributed by atoms with E-state index in [4.69, 9.17) is 16.7 Å². The number of nitrogens with two attached hydrogens (primary N) is 1. The van der Waals surface area contributed by atoms with Crippen molar-refractivity contribution in [1.29, 1.82) is 0 Å². The van der Waals surface area contributed by atoms with Gasteiger partial charge in [-0.2, -0.15) is 0 Å². The van der Waals surface area contributed by atoms with Crippen LogP contribution in [0.25, 0.3) is 11.0 Å². The molecule has 0 saturated carbocycles. The number of halogens is 1. The first-order chi connectivity index (χ1) is 13.2. The second-order valence-electron chi connectivity index (χ2n) is 6.09. The maximum atomic E-state index is 12.5. The van der Waals surface area contributed by atoms with Crippen molar-refractivity contribution in [2.24, 2.45) is 5.14 Å². The molecule has 0 bridgehead atoms. The Morgan fingerprint density at radius 2 is 1.96 bits per heavy atom. The van der Waals surface area contributed by atoms with E-state index in [-0.39, 0.29) is 10.8 Å². The molecule has 3 rings (SSSR count). The van der Waals surface area contributed by atoms with Gasteiger partial charge in [-0.1, -0.05) is 23.4 Å². The molecule has 148 valence electrons. The number of nitrogens with one attached hydrogen (secondary N) is 1. The smallest absolute Gasteiger partial charge is 0.238 e. The van der Waals surface area contributed by atoms with Crippen LogP contribution in [0.3, 0.4) is 0 Å². The maximum absolute atomic E-state index is 12.5. The number of primary sulfonamides is 1. The predicted octanol–water partition coefficient (Wildman–Crippen LogP) is 3.48. The van der Waals surface area contributed by atoms with Crippen LogP contribution in [0.5, 0.6) is 0 Å². The van der Waals surface area contributed by atoms with E-state index in [1.165, 1.54) is 23.9 Å². The van der Waals surface area contributed by atoms with Crippen LogP contribution in [0, 0.1) is 0 Å². The molecule has 0 aliphatic rings. The van der Waals surface area contributed by atoms with Gasteiger partial charge in [0.05, 0.1) is 21.2 Å². The van der Waals surface area contributed by atoms with Crippen LogP contribution in [-0.4, -0.2) is 29.1 Å². The standard InChI is InChI=1S/C18H19ClN4O3S2/c1-3-23-16-9-8-14(28(20,25)26)10-15(16)22-18(23)27-11(2)17(24)21-13-6-4-12(19)5-7-13/h4-11H,3H2,1-2H3,(H,21,24)(H2,20,25,26). The van der Waals surface area contributed by atoms with E-state index in [9.17, 15) is 13.2 Å². The molecule has 1 heterocycles. The summed E-state index contributed by atoms with van der Waals surface area (Å²) in [6.07, 6.45) is 0. The second kappa shape index (κ2) is 8.12. The van der Waals surface area contributed by atoms with Gasteiger partial charge in [0, 0.05) is 17.3 Å². The zero-order valence-corrected chi connectivity index (χ0v) is 17.6. The molecule has 3 aromatic rings. The largest absolute Gasteiger partial charge is 0.325 e. The lowest BCUT2D eigenvalue weighted by molar-refractivity contribution is -0.115. The van der Waals surface area contributed by atoms with Gasteiger partial charge in [-0.05, 0) is 56.3 Å². The number of thioether (sulfide) groups is 1. The number of amides is 1. The average Bonchev–Trinajstić information content (AvgIpc) is 2.98. The Morgan fingerprint density at radius 1 is 1.29 bits per heavy atom. The first-order valence-electron chi connectivity index (χ1n) is 8.45. The molecule has 0 spiro atoms. The quantitative estimate of drug-likeness (QED) is 0.573. The summed E-state index contributed by atoms with van der Waals surface area (Å²) in [4.78, 5) is 17.0. The Bertz CT molecular complexity index is 1130. The molecule has 1 amide bonds. The fourth-order valence-corrected chi connectivity index (χ4v) is 4.30. The van der Waals surface area contributed by atoms with E-state index >= 15 is 0 Å². The number of aryl methyl sites for hydroxylation is 1. The van der Waals surface area contributed by atoms with Crippen molar-refractivity contribution in [1.82, 2.24) is 9.55 Å². The summed E-state index contributed by atoms with van der Waals surface area (Å²) in [5, 5.41) is 8.84.